The molecule has 1 atom stereocenters. The molecule has 0 bridgehead atoms. The second-order valence-corrected chi connectivity index (χ2v) is 10.9. The van der Waals surface area contributed by atoms with E-state index in [4.69, 9.17) is 0 Å². The Morgan fingerprint density at radius 3 is 2.06 bits per heavy atom. The lowest BCUT2D eigenvalue weighted by molar-refractivity contribution is -0.139. The summed E-state index contributed by atoms with van der Waals surface area (Å²) in [5.74, 6) is -0.810. The van der Waals surface area contributed by atoms with Crippen LogP contribution < -0.4 is 9.62 Å². The number of halogens is 1. The highest BCUT2D eigenvalue weighted by Crippen LogP contribution is 2.23. The minimum Gasteiger partial charge on any atom is -0.357 e. The normalized spacial score (nSPS) is 12.0. The highest BCUT2D eigenvalue weighted by atomic mass is 79.9. The molecule has 0 aliphatic heterocycles. The molecule has 1 N–H and O–H groups in total. The van der Waals surface area contributed by atoms with E-state index in [0.29, 0.717) is 10.2 Å². The SMILES string of the molecule is CNC(=O)C(Cc1ccccc1)N(Cc1ccccc1)C(=O)CN(c1cccc(Br)c1)S(C)(=O)=O. The van der Waals surface area contributed by atoms with Gasteiger partial charge in [0.25, 0.3) is 0 Å². The zero-order valence-electron chi connectivity index (χ0n) is 19.6. The zero-order valence-corrected chi connectivity index (χ0v) is 22.0. The van der Waals surface area contributed by atoms with Crippen LogP contribution in [-0.4, -0.2) is 51.0 Å². The van der Waals surface area contributed by atoms with Crippen molar-refractivity contribution in [2.75, 3.05) is 24.2 Å². The molecule has 3 rings (SSSR count). The van der Waals surface area contributed by atoms with Crippen molar-refractivity contribution < 1.29 is 18.0 Å². The fraction of sp³-hybridized carbons (Fsp3) is 0.231. The number of carbonyl (C=O) groups excluding carboxylic acids is 2. The highest BCUT2D eigenvalue weighted by molar-refractivity contribution is 9.10. The van der Waals surface area contributed by atoms with Crippen LogP contribution in [0.15, 0.2) is 89.4 Å². The standard InChI is InChI=1S/C26H28BrN3O4S/c1-28-26(32)24(16-20-10-5-3-6-11-20)29(18-21-12-7-4-8-13-21)25(31)19-30(35(2,33)34)23-15-9-14-22(27)17-23/h3-15,17,24H,16,18-19H2,1-2H3,(H,28,32). The fourth-order valence-electron chi connectivity index (χ4n) is 3.75. The van der Waals surface area contributed by atoms with Crippen LogP contribution in [0.3, 0.4) is 0 Å². The number of rotatable bonds is 10. The third-order valence-electron chi connectivity index (χ3n) is 5.49. The molecule has 7 nitrogen and oxygen atoms in total. The Hall–Kier alpha value is -3.17. The van der Waals surface area contributed by atoms with Gasteiger partial charge in [-0.2, -0.15) is 0 Å². The van der Waals surface area contributed by atoms with Gasteiger partial charge >= 0.3 is 0 Å². The molecule has 0 heterocycles. The van der Waals surface area contributed by atoms with Crippen LogP contribution in [0, 0.1) is 0 Å². The van der Waals surface area contributed by atoms with E-state index in [0.717, 1.165) is 21.7 Å². The molecule has 9 heteroatoms. The number of amides is 2. The quantitative estimate of drug-likeness (QED) is 0.412. The smallest absolute Gasteiger partial charge is 0.244 e. The van der Waals surface area contributed by atoms with Crippen molar-refractivity contribution >= 4 is 43.5 Å². The van der Waals surface area contributed by atoms with Gasteiger partial charge in [-0.3, -0.25) is 13.9 Å². The summed E-state index contributed by atoms with van der Waals surface area (Å²) in [6, 6.07) is 24.6. The molecule has 3 aromatic carbocycles. The summed E-state index contributed by atoms with van der Waals surface area (Å²) in [5, 5.41) is 2.66. The lowest BCUT2D eigenvalue weighted by Gasteiger charge is -2.33. The molecule has 0 aliphatic rings. The number of carbonyl (C=O) groups is 2. The highest BCUT2D eigenvalue weighted by Gasteiger charge is 2.32. The third-order valence-corrected chi connectivity index (χ3v) is 7.12. The van der Waals surface area contributed by atoms with Gasteiger partial charge in [-0.05, 0) is 29.3 Å². The second kappa shape index (κ2) is 12.0. The van der Waals surface area contributed by atoms with Crippen molar-refractivity contribution in [1.82, 2.24) is 10.2 Å². The molecule has 0 saturated heterocycles. The summed E-state index contributed by atoms with van der Waals surface area (Å²) >= 11 is 3.36. The van der Waals surface area contributed by atoms with E-state index in [2.05, 4.69) is 21.2 Å². The van der Waals surface area contributed by atoms with Crippen LogP contribution in [0.2, 0.25) is 0 Å². The molecule has 35 heavy (non-hydrogen) atoms. The van der Waals surface area contributed by atoms with Crippen LogP contribution in [0.4, 0.5) is 5.69 Å². The Labute approximate surface area is 214 Å². The molecule has 0 fully saturated rings. The van der Waals surface area contributed by atoms with E-state index in [1.54, 1.807) is 24.3 Å². The van der Waals surface area contributed by atoms with Gasteiger partial charge in [0, 0.05) is 24.5 Å². The van der Waals surface area contributed by atoms with Crippen molar-refractivity contribution in [3.63, 3.8) is 0 Å². The second-order valence-electron chi connectivity index (χ2n) is 8.08. The van der Waals surface area contributed by atoms with E-state index < -0.39 is 28.5 Å². The lowest BCUT2D eigenvalue weighted by Crippen LogP contribution is -2.52. The number of anilines is 1. The largest absolute Gasteiger partial charge is 0.357 e. The zero-order chi connectivity index (χ0) is 25.4. The number of nitrogens with zero attached hydrogens (tertiary/aromatic N) is 2. The van der Waals surface area contributed by atoms with Crippen molar-refractivity contribution in [2.24, 2.45) is 0 Å². The van der Waals surface area contributed by atoms with Crippen molar-refractivity contribution in [2.45, 2.75) is 19.0 Å². The monoisotopic (exact) mass is 557 g/mol. The van der Waals surface area contributed by atoms with Crippen LogP contribution in [0.5, 0.6) is 0 Å². The molecule has 0 spiro atoms. The van der Waals surface area contributed by atoms with Crippen LogP contribution >= 0.6 is 15.9 Å². The number of nitrogens with one attached hydrogen (secondary N) is 1. The average molecular weight is 558 g/mol. The first-order valence-electron chi connectivity index (χ1n) is 11.0. The lowest BCUT2D eigenvalue weighted by atomic mass is 10.0. The Morgan fingerprint density at radius 2 is 1.51 bits per heavy atom. The minimum atomic E-state index is -3.78. The number of likely N-dealkylation sites (N-methyl/N-ethyl adjacent to an activating group) is 1. The molecule has 0 aliphatic carbocycles. The van der Waals surface area contributed by atoms with Gasteiger partial charge in [-0.25, -0.2) is 8.42 Å². The Balaban J connectivity index is 2.00. The predicted molar refractivity (Wildman–Crippen MR) is 141 cm³/mol. The van der Waals surface area contributed by atoms with Crippen LogP contribution in [0.1, 0.15) is 11.1 Å². The minimum absolute atomic E-state index is 0.153. The first-order chi connectivity index (χ1) is 16.7. The predicted octanol–water partition coefficient (Wildman–Crippen LogP) is 3.60. The number of hydrogen-bond donors (Lipinski definition) is 1. The van der Waals surface area contributed by atoms with Gasteiger partial charge in [0.05, 0.1) is 11.9 Å². The Morgan fingerprint density at radius 1 is 0.914 bits per heavy atom. The Bertz CT molecular complexity index is 1250. The maximum absolute atomic E-state index is 13.7. The van der Waals surface area contributed by atoms with Crippen molar-refractivity contribution in [3.8, 4) is 0 Å². The summed E-state index contributed by atoms with van der Waals surface area (Å²) in [6.07, 6.45) is 1.35. The number of hydrogen-bond acceptors (Lipinski definition) is 4. The summed E-state index contributed by atoms with van der Waals surface area (Å²) < 4.78 is 27.1. The summed E-state index contributed by atoms with van der Waals surface area (Å²) in [5.41, 5.74) is 2.07. The number of sulfonamides is 1. The van der Waals surface area contributed by atoms with Gasteiger partial charge in [0.1, 0.15) is 12.6 Å². The van der Waals surface area contributed by atoms with E-state index in [1.165, 1.54) is 11.9 Å². The molecule has 0 saturated carbocycles. The van der Waals surface area contributed by atoms with Gasteiger partial charge in [0.15, 0.2) is 0 Å². The van der Waals surface area contributed by atoms with Gasteiger partial charge in [-0.15, -0.1) is 0 Å². The first-order valence-corrected chi connectivity index (χ1v) is 13.7. The van der Waals surface area contributed by atoms with Crippen LogP contribution in [-0.2, 0) is 32.6 Å². The molecule has 1 unspecified atom stereocenters. The van der Waals surface area contributed by atoms with Crippen LogP contribution in [0.25, 0.3) is 0 Å². The average Bonchev–Trinajstić information content (AvgIpc) is 2.84. The van der Waals surface area contributed by atoms with Gasteiger partial charge in [0.2, 0.25) is 21.8 Å². The topological polar surface area (TPSA) is 86.8 Å². The summed E-state index contributed by atoms with van der Waals surface area (Å²) in [7, 11) is -2.26. The number of benzene rings is 3. The molecule has 184 valence electrons. The molecular weight excluding hydrogens is 530 g/mol. The summed E-state index contributed by atoms with van der Waals surface area (Å²) in [4.78, 5) is 28.2. The van der Waals surface area contributed by atoms with Gasteiger partial charge < -0.3 is 10.2 Å². The Kier molecular flexibility index (Phi) is 9.06. The van der Waals surface area contributed by atoms with E-state index >= 15 is 0 Å². The third kappa shape index (κ3) is 7.40. The molecule has 0 aromatic heterocycles. The molecule has 2 amide bonds. The van der Waals surface area contributed by atoms with E-state index in [-0.39, 0.29) is 18.9 Å². The first kappa shape index (κ1) is 26.4. The molecule has 0 radical (unpaired) electrons. The molecular formula is C26H28BrN3O4S. The summed E-state index contributed by atoms with van der Waals surface area (Å²) in [6.45, 7) is -0.287. The molecule has 3 aromatic rings. The fourth-order valence-corrected chi connectivity index (χ4v) is 4.97. The van der Waals surface area contributed by atoms with Crippen molar-refractivity contribution in [1.29, 1.82) is 0 Å². The van der Waals surface area contributed by atoms with E-state index in [9.17, 15) is 18.0 Å². The maximum atomic E-state index is 13.7. The van der Waals surface area contributed by atoms with Gasteiger partial charge in [-0.1, -0.05) is 82.7 Å². The maximum Gasteiger partial charge on any atom is 0.244 e. The van der Waals surface area contributed by atoms with Crippen molar-refractivity contribution in [3.05, 3.63) is 101 Å². The van der Waals surface area contributed by atoms with E-state index in [1.807, 2.05) is 60.7 Å².